The number of halogens is 1. The molecule has 1 saturated carbocycles. The summed E-state index contributed by atoms with van der Waals surface area (Å²) in [6.07, 6.45) is 1.36. The Morgan fingerprint density at radius 3 is 2.53 bits per heavy atom. The first-order valence-electron chi connectivity index (χ1n) is 4.72. The second-order valence-electron chi connectivity index (χ2n) is 3.85. The summed E-state index contributed by atoms with van der Waals surface area (Å²) in [5.74, 6) is 0. The monoisotopic (exact) mass is 289 g/mol. The molecule has 0 bridgehead atoms. The quantitative estimate of drug-likeness (QED) is 0.922. The second-order valence-corrected chi connectivity index (χ2v) is 7.11. The molecule has 0 atom stereocenters. The average Bonchev–Trinajstić information content (AvgIpc) is 2.98. The molecule has 1 aromatic carbocycles. The minimum absolute atomic E-state index is 0.210. The summed E-state index contributed by atoms with van der Waals surface area (Å²) in [5, 5.41) is 0. The maximum Gasteiger partial charge on any atom is 0.185 e. The smallest absolute Gasteiger partial charge is 0.185 e. The van der Waals surface area contributed by atoms with Crippen LogP contribution in [0.2, 0.25) is 0 Å². The summed E-state index contributed by atoms with van der Waals surface area (Å²) in [6, 6.07) is 6.78. The van der Waals surface area contributed by atoms with Gasteiger partial charge >= 0.3 is 0 Å². The number of rotatable bonds is 3. The van der Waals surface area contributed by atoms with Gasteiger partial charge in [0.25, 0.3) is 0 Å². The molecule has 82 valence electrons. The van der Waals surface area contributed by atoms with Gasteiger partial charge in [0.05, 0.1) is 9.64 Å². The number of benzene rings is 1. The van der Waals surface area contributed by atoms with Gasteiger partial charge < -0.3 is 5.73 Å². The van der Waals surface area contributed by atoms with Crippen LogP contribution in [0.15, 0.2) is 33.6 Å². The summed E-state index contributed by atoms with van der Waals surface area (Å²) >= 11 is 3.27. The van der Waals surface area contributed by atoms with Crippen LogP contribution in [0.1, 0.15) is 12.8 Å². The van der Waals surface area contributed by atoms with Crippen molar-refractivity contribution in [3.63, 3.8) is 0 Å². The molecule has 1 aromatic rings. The normalized spacial score (nSPS) is 18.8. The van der Waals surface area contributed by atoms with Crippen LogP contribution in [0.25, 0.3) is 0 Å². The lowest BCUT2D eigenvalue weighted by Gasteiger charge is -2.13. The van der Waals surface area contributed by atoms with E-state index < -0.39 is 14.6 Å². The molecule has 5 heteroatoms. The first-order valence-corrected chi connectivity index (χ1v) is 7.00. The lowest BCUT2D eigenvalue weighted by Crippen LogP contribution is -2.31. The number of hydrogen-bond donors (Lipinski definition) is 1. The van der Waals surface area contributed by atoms with Crippen LogP contribution in [0, 0.1) is 0 Å². The van der Waals surface area contributed by atoms with Crippen molar-refractivity contribution in [3.8, 4) is 0 Å². The lowest BCUT2D eigenvalue weighted by atomic mass is 10.4. The maximum atomic E-state index is 12.2. The van der Waals surface area contributed by atoms with E-state index in [-0.39, 0.29) is 6.54 Å². The van der Waals surface area contributed by atoms with Gasteiger partial charge in [-0.3, -0.25) is 0 Å². The molecule has 1 aliphatic carbocycles. The molecular formula is C10H12BrNO2S. The predicted octanol–water partition coefficient (Wildman–Crippen LogP) is 1.71. The van der Waals surface area contributed by atoms with Crippen LogP contribution in [0.3, 0.4) is 0 Å². The largest absolute Gasteiger partial charge is 0.329 e. The van der Waals surface area contributed by atoms with Crippen molar-refractivity contribution < 1.29 is 8.42 Å². The topological polar surface area (TPSA) is 60.2 Å². The predicted molar refractivity (Wildman–Crippen MR) is 62.3 cm³/mol. The second kappa shape index (κ2) is 3.57. The Morgan fingerprint density at radius 2 is 2.07 bits per heavy atom. The van der Waals surface area contributed by atoms with E-state index in [1.807, 2.05) is 0 Å². The van der Waals surface area contributed by atoms with Gasteiger partial charge in [-0.25, -0.2) is 8.42 Å². The molecule has 0 spiro atoms. The van der Waals surface area contributed by atoms with Gasteiger partial charge in [-0.1, -0.05) is 22.0 Å². The van der Waals surface area contributed by atoms with Crippen molar-refractivity contribution in [2.24, 2.45) is 5.73 Å². The third-order valence-corrected chi connectivity index (χ3v) is 5.94. The van der Waals surface area contributed by atoms with Crippen molar-refractivity contribution in [3.05, 3.63) is 28.7 Å². The van der Waals surface area contributed by atoms with E-state index in [0.29, 0.717) is 17.7 Å². The molecule has 0 unspecified atom stereocenters. The van der Waals surface area contributed by atoms with Crippen LogP contribution in [-0.4, -0.2) is 19.7 Å². The molecule has 1 aliphatic rings. The molecule has 0 radical (unpaired) electrons. The number of sulfone groups is 1. The molecule has 0 heterocycles. The van der Waals surface area contributed by atoms with E-state index >= 15 is 0 Å². The minimum Gasteiger partial charge on any atom is -0.329 e. The minimum atomic E-state index is -3.25. The zero-order chi connectivity index (χ0) is 11.1. The molecule has 2 N–H and O–H groups in total. The Bertz CT molecular complexity index is 480. The lowest BCUT2D eigenvalue weighted by molar-refractivity contribution is 0.577. The Hall–Kier alpha value is -0.390. The summed E-state index contributed by atoms with van der Waals surface area (Å²) in [4.78, 5) is 0.361. The van der Waals surface area contributed by atoms with Gasteiger partial charge in [0, 0.05) is 11.0 Å². The zero-order valence-corrected chi connectivity index (χ0v) is 10.5. The third kappa shape index (κ3) is 1.73. The fourth-order valence-electron chi connectivity index (χ4n) is 1.61. The van der Waals surface area contributed by atoms with Crippen LogP contribution in [-0.2, 0) is 9.84 Å². The standard InChI is InChI=1S/C10H12BrNO2S/c11-8-2-1-3-9(6-8)15(13,14)10(7-12)4-5-10/h1-3,6H,4-5,7,12H2. The van der Waals surface area contributed by atoms with E-state index in [1.54, 1.807) is 24.3 Å². The summed E-state index contributed by atoms with van der Waals surface area (Å²) in [6.45, 7) is 0.210. The Balaban J connectivity index is 2.47. The average molecular weight is 290 g/mol. The van der Waals surface area contributed by atoms with Crippen LogP contribution in [0.4, 0.5) is 0 Å². The summed E-state index contributed by atoms with van der Waals surface area (Å²) in [5.41, 5.74) is 5.54. The fraction of sp³-hybridized carbons (Fsp3) is 0.400. The Kier molecular flexibility index (Phi) is 2.65. The van der Waals surface area contributed by atoms with Crippen molar-refractivity contribution >= 4 is 25.8 Å². The highest BCUT2D eigenvalue weighted by molar-refractivity contribution is 9.10. The molecule has 0 aliphatic heterocycles. The van der Waals surface area contributed by atoms with Gasteiger partial charge in [-0.2, -0.15) is 0 Å². The number of hydrogen-bond acceptors (Lipinski definition) is 3. The SMILES string of the molecule is NCC1(S(=O)(=O)c2cccc(Br)c2)CC1. The number of nitrogens with two attached hydrogens (primary N) is 1. The first kappa shape index (κ1) is 11.1. The molecular weight excluding hydrogens is 278 g/mol. The Labute approximate surface area is 97.7 Å². The highest BCUT2D eigenvalue weighted by Crippen LogP contribution is 2.45. The molecule has 0 amide bonds. The van der Waals surface area contributed by atoms with Gasteiger partial charge in [0.2, 0.25) is 0 Å². The molecule has 15 heavy (non-hydrogen) atoms. The van der Waals surface area contributed by atoms with Gasteiger partial charge in [-0.05, 0) is 31.0 Å². The van der Waals surface area contributed by atoms with Gasteiger partial charge in [0.15, 0.2) is 9.84 Å². The molecule has 2 rings (SSSR count). The van der Waals surface area contributed by atoms with Gasteiger partial charge in [-0.15, -0.1) is 0 Å². The summed E-state index contributed by atoms with van der Waals surface area (Å²) in [7, 11) is -3.25. The molecule has 3 nitrogen and oxygen atoms in total. The highest BCUT2D eigenvalue weighted by atomic mass is 79.9. The van der Waals surface area contributed by atoms with E-state index in [0.717, 1.165) is 4.47 Å². The van der Waals surface area contributed by atoms with Crippen molar-refractivity contribution in [1.29, 1.82) is 0 Å². The zero-order valence-electron chi connectivity index (χ0n) is 8.11. The van der Waals surface area contributed by atoms with Crippen LogP contribution < -0.4 is 5.73 Å². The van der Waals surface area contributed by atoms with E-state index in [4.69, 9.17) is 5.73 Å². The van der Waals surface area contributed by atoms with Crippen LogP contribution >= 0.6 is 15.9 Å². The van der Waals surface area contributed by atoms with E-state index in [2.05, 4.69) is 15.9 Å². The third-order valence-electron chi connectivity index (χ3n) is 2.86. The Morgan fingerprint density at radius 1 is 1.40 bits per heavy atom. The van der Waals surface area contributed by atoms with Crippen molar-refractivity contribution in [2.45, 2.75) is 22.5 Å². The summed E-state index contributed by atoms with van der Waals surface area (Å²) < 4.78 is 24.5. The first-order chi connectivity index (χ1) is 7.02. The molecule has 0 saturated heterocycles. The molecule has 0 aromatic heterocycles. The van der Waals surface area contributed by atoms with Crippen LogP contribution in [0.5, 0.6) is 0 Å². The molecule has 1 fully saturated rings. The van der Waals surface area contributed by atoms with E-state index in [1.165, 1.54) is 0 Å². The van der Waals surface area contributed by atoms with Crippen molar-refractivity contribution in [1.82, 2.24) is 0 Å². The van der Waals surface area contributed by atoms with Gasteiger partial charge in [0.1, 0.15) is 0 Å². The van der Waals surface area contributed by atoms with E-state index in [9.17, 15) is 8.42 Å². The van der Waals surface area contributed by atoms with Crippen molar-refractivity contribution in [2.75, 3.05) is 6.54 Å². The highest BCUT2D eigenvalue weighted by Gasteiger charge is 2.53. The fourth-order valence-corrected chi connectivity index (χ4v) is 4.06. The maximum absolute atomic E-state index is 12.2.